The van der Waals surface area contributed by atoms with E-state index in [2.05, 4.69) is 9.82 Å². The van der Waals surface area contributed by atoms with E-state index in [0.29, 0.717) is 28.6 Å². The molecule has 28 heavy (non-hydrogen) atoms. The highest BCUT2D eigenvalue weighted by molar-refractivity contribution is 7.92. The van der Waals surface area contributed by atoms with Crippen molar-refractivity contribution in [3.8, 4) is 17.2 Å². The molecule has 0 unspecified atom stereocenters. The van der Waals surface area contributed by atoms with Crippen molar-refractivity contribution in [3.05, 3.63) is 59.7 Å². The first-order valence-corrected chi connectivity index (χ1v) is 9.82. The molecule has 0 aliphatic heterocycles. The van der Waals surface area contributed by atoms with Crippen molar-refractivity contribution in [1.29, 1.82) is 0 Å². The first-order chi connectivity index (χ1) is 13.3. The van der Waals surface area contributed by atoms with Crippen LogP contribution in [-0.2, 0) is 10.0 Å². The van der Waals surface area contributed by atoms with Gasteiger partial charge in [-0.1, -0.05) is 0 Å². The third-order valence-corrected chi connectivity index (χ3v) is 5.83. The number of anilines is 1. The maximum absolute atomic E-state index is 13.2. The molecule has 0 saturated carbocycles. The number of nitrogens with one attached hydrogen (secondary N) is 1. The second kappa shape index (κ2) is 7.51. The summed E-state index contributed by atoms with van der Waals surface area (Å²) in [6.45, 7) is 3.25. The van der Waals surface area contributed by atoms with Gasteiger partial charge in [-0.2, -0.15) is 5.10 Å². The van der Waals surface area contributed by atoms with Crippen molar-refractivity contribution < 1.29 is 22.3 Å². The van der Waals surface area contributed by atoms with Gasteiger partial charge in [0.2, 0.25) is 0 Å². The Morgan fingerprint density at radius 2 is 1.71 bits per heavy atom. The van der Waals surface area contributed by atoms with Crippen LogP contribution in [0, 0.1) is 19.7 Å². The fraction of sp³-hybridized carbons (Fsp3) is 0.211. The summed E-state index contributed by atoms with van der Waals surface area (Å²) in [7, 11) is -1.00. The molecule has 2 aromatic carbocycles. The van der Waals surface area contributed by atoms with Crippen LogP contribution in [0.3, 0.4) is 0 Å². The van der Waals surface area contributed by atoms with Crippen molar-refractivity contribution in [1.82, 2.24) is 9.78 Å². The lowest BCUT2D eigenvalue weighted by Crippen LogP contribution is -2.15. The minimum atomic E-state index is -3.95. The molecule has 0 bridgehead atoms. The Kier molecular flexibility index (Phi) is 5.28. The summed E-state index contributed by atoms with van der Waals surface area (Å²) in [5.41, 5.74) is 1.56. The van der Waals surface area contributed by atoms with Crippen molar-refractivity contribution in [3.63, 3.8) is 0 Å². The molecule has 0 aliphatic rings. The highest BCUT2D eigenvalue weighted by Gasteiger charge is 2.26. The number of sulfonamides is 1. The summed E-state index contributed by atoms with van der Waals surface area (Å²) in [6.07, 6.45) is 0. The Labute approximate surface area is 162 Å². The number of methoxy groups -OCH3 is 2. The minimum Gasteiger partial charge on any atom is -0.497 e. The molecule has 0 radical (unpaired) electrons. The van der Waals surface area contributed by atoms with E-state index in [1.165, 1.54) is 43.2 Å². The van der Waals surface area contributed by atoms with E-state index in [1.54, 1.807) is 32.0 Å². The number of halogens is 1. The Bertz CT molecular complexity index is 1110. The van der Waals surface area contributed by atoms with Gasteiger partial charge in [0.25, 0.3) is 10.0 Å². The molecule has 0 atom stereocenters. The molecular weight excluding hydrogens is 385 g/mol. The molecule has 3 rings (SSSR count). The zero-order valence-electron chi connectivity index (χ0n) is 15.9. The zero-order chi connectivity index (χ0) is 20.5. The lowest BCUT2D eigenvalue weighted by molar-refractivity contribution is 0.395. The van der Waals surface area contributed by atoms with Crippen molar-refractivity contribution in [2.45, 2.75) is 18.7 Å². The predicted molar refractivity (Wildman–Crippen MR) is 103 cm³/mol. The van der Waals surface area contributed by atoms with Crippen LogP contribution < -0.4 is 14.2 Å². The minimum absolute atomic E-state index is 0.0506. The summed E-state index contributed by atoms with van der Waals surface area (Å²) < 4.78 is 53.7. The Morgan fingerprint density at radius 3 is 2.32 bits per heavy atom. The monoisotopic (exact) mass is 405 g/mol. The number of hydrogen-bond donors (Lipinski definition) is 1. The van der Waals surface area contributed by atoms with E-state index in [-0.39, 0.29) is 16.4 Å². The molecule has 1 heterocycles. The highest BCUT2D eigenvalue weighted by atomic mass is 32.2. The Morgan fingerprint density at radius 1 is 1.04 bits per heavy atom. The maximum atomic E-state index is 13.2. The SMILES string of the molecule is COc1ccc(NS(=O)(=O)c2c(C)nn(-c3ccc(F)cc3)c2C)c(OC)c1. The van der Waals surface area contributed by atoms with Gasteiger partial charge < -0.3 is 9.47 Å². The Hall–Kier alpha value is -3.07. The maximum Gasteiger partial charge on any atom is 0.265 e. The molecule has 3 aromatic rings. The summed E-state index contributed by atoms with van der Waals surface area (Å²) in [4.78, 5) is 0.0506. The smallest absolute Gasteiger partial charge is 0.265 e. The second-order valence-electron chi connectivity index (χ2n) is 6.06. The molecular formula is C19H20FN3O4S. The fourth-order valence-corrected chi connectivity index (χ4v) is 4.39. The van der Waals surface area contributed by atoms with Crippen molar-refractivity contribution >= 4 is 15.7 Å². The largest absolute Gasteiger partial charge is 0.497 e. The Balaban J connectivity index is 2.02. The predicted octanol–water partition coefficient (Wildman–Crippen LogP) is 3.45. The highest BCUT2D eigenvalue weighted by Crippen LogP contribution is 2.32. The van der Waals surface area contributed by atoms with Crippen molar-refractivity contribution in [2.24, 2.45) is 0 Å². The molecule has 7 nitrogen and oxygen atoms in total. The molecule has 148 valence electrons. The van der Waals surface area contributed by atoms with Gasteiger partial charge in [-0.05, 0) is 50.2 Å². The number of hydrogen-bond acceptors (Lipinski definition) is 5. The summed E-state index contributed by atoms with van der Waals surface area (Å²) in [6, 6.07) is 10.4. The molecule has 0 saturated heterocycles. The normalized spacial score (nSPS) is 11.3. The molecule has 0 fully saturated rings. The van der Waals surface area contributed by atoms with Gasteiger partial charge in [0.05, 0.1) is 37.0 Å². The first kappa shape index (κ1) is 19.7. The number of benzene rings is 2. The summed E-state index contributed by atoms with van der Waals surface area (Å²) >= 11 is 0. The van der Waals surface area contributed by atoms with Crippen LogP contribution in [0.2, 0.25) is 0 Å². The number of nitrogens with zero attached hydrogens (tertiary/aromatic N) is 2. The van der Waals surface area contributed by atoms with Gasteiger partial charge in [-0.15, -0.1) is 0 Å². The van der Waals surface area contributed by atoms with Crippen LogP contribution in [0.15, 0.2) is 47.4 Å². The zero-order valence-corrected chi connectivity index (χ0v) is 16.7. The molecule has 0 amide bonds. The lowest BCUT2D eigenvalue weighted by Gasteiger charge is -2.13. The van der Waals surface area contributed by atoms with Crippen LogP contribution in [0.5, 0.6) is 11.5 Å². The third-order valence-electron chi connectivity index (χ3n) is 4.22. The van der Waals surface area contributed by atoms with Gasteiger partial charge in [0.15, 0.2) is 0 Å². The molecule has 1 aromatic heterocycles. The van der Waals surface area contributed by atoms with E-state index < -0.39 is 10.0 Å². The van der Waals surface area contributed by atoms with Gasteiger partial charge in [0.1, 0.15) is 22.2 Å². The quantitative estimate of drug-likeness (QED) is 0.679. The average molecular weight is 405 g/mol. The van der Waals surface area contributed by atoms with Crippen LogP contribution in [-0.4, -0.2) is 32.4 Å². The van der Waals surface area contributed by atoms with Gasteiger partial charge in [-0.25, -0.2) is 17.5 Å². The van der Waals surface area contributed by atoms with E-state index in [0.717, 1.165) is 0 Å². The first-order valence-electron chi connectivity index (χ1n) is 8.34. The fourth-order valence-electron chi connectivity index (χ4n) is 2.93. The van der Waals surface area contributed by atoms with Crippen molar-refractivity contribution in [2.75, 3.05) is 18.9 Å². The second-order valence-corrected chi connectivity index (χ2v) is 7.68. The summed E-state index contributed by atoms with van der Waals surface area (Å²) in [5, 5.41) is 4.31. The standard InChI is InChI=1S/C19H20FN3O4S/c1-12-19(13(2)23(21-12)15-7-5-14(20)6-8-15)28(24,25)22-17-10-9-16(26-3)11-18(17)27-4/h5-11,22H,1-4H3. The molecule has 1 N–H and O–H groups in total. The molecule has 9 heteroatoms. The molecule has 0 spiro atoms. The van der Waals surface area contributed by atoms with Gasteiger partial charge in [0, 0.05) is 6.07 Å². The number of ether oxygens (including phenoxy) is 2. The third kappa shape index (κ3) is 3.65. The summed E-state index contributed by atoms with van der Waals surface area (Å²) in [5.74, 6) is 0.479. The van der Waals surface area contributed by atoms with E-state index in [1.807, 2.05) is 0 Å². The van der Waals surface area contributed by atoms with E-state index in [9.17, 15) is 12.8 Å². The lowest BCUT2D eigenvalue weighted by atomic mass is 10.3. The van der Waals surface area contributed by atoms with Gasteiger partial charge >= 0.3 is 0 Å². The van der Waals surface area contributed by atoms with Gasteiger partial charge in [-0.3, -0.25) is 4.72 Å². The molecule has 0 aliphatic carbocycles. The van der Waals surface area contributed by atoms with E-state index in [4.69, 9.17) is 9.47 Å². The number of aryl methyl sites for hydroxylation is 1. The average Bonchev–Trinajstić information content (AvgIpc) is 2.97. The van der Waals surface area contributed by atoms with Crippen LogP contribution in [0.1, 0.15) is 11.4 Å². The van der Waals surface area contributed by atoms with Crippen LogP contribution in [0.25, 0.3) is 5.69 Å². The van der Waals surface area contributed by atoms with E-state index >= 15 is 0 Å². The van der Waals surface area contributed by atoms with Crippen LogP contribution >= 0.6 is 0 Å². The topological polar surface area (TPSA) is 82.5 Å². The number of aromatic nitrogens is 2. The number of rotatable bonds is 6. The van der Waals surface area contributed by atoms with Crippen LogP contribution in [0.4, 0.5) is 10.1 Å².